The van der Waals surface area contributed by atoms with Gasteiger partial charge in [-0.3, -0.25) is 4.79 Å². The van der Waals surface area contributed by atoms with E-state index in [2.05, 4.69) is 0 Å². The van der Waals surface area contributed by atoms with E-state index < -0.39 is 0 Å². The van der Waals surface area contributed by atoms with Gasteiger partial charge in [0.25, 0.3) is 0 Å². The molecule has 0 aromatic carbocycles. The van der Waals surface area contributed by atoms with Gasteiger partial charge in [0, 0.05) is 12.8 Å². The summed E-state index contributed by atoms with van der Waals surface area (Å²) < 4.78 is 4.80. The predicted molar refractivity (Wildman–Crippen MR) is 55.0 cm³/mol. The summed E-state index contributed by atoms with van der Waals surface area (Å²) in [5.41, 5.74) is 0. The molecule has 3 heteroatoms. The number of hydrogen-bond acceptors (Lipinski definition) is 3. The number of carbonyl (C=O) groups excluding carboxylic acids is 2. The first-order valence-corrected chi connectivity index (χ1v) is 5.40. The predicted octanol–water partition coefficient (Wildman–Crippen LogP) is 2.48. The maximum atomic E-state index is 10.9. The van der Waals surface area contributed by atoms with Gasteiger partial charge in [-0.25, -0.2) is 0 Å². The first-order valence-electron chi connectivity index (χ1n) is 5.40. The quantitative estimate of drug-likeness (QED) is 0.326. The molecule has 14 heavy (non-hydrogen) atoms. The van der Waals surface area contributed by atoms with Crippen LogP contribution in [0.5, 0.6) is 0 Å². The van der Waals surface area contributed by atoms with Gasteiger partial charge in [0.15, 0.2) is 0 Å². The van der Waals surface area contributed by atoms with Crippen LogP contribution >= 0.6 is 0 Å². The van der Waals surface area contributed by atoms with Gasteiger partial charge >= 0.3 is 5.97 Å². The lowest BCUT2D eigenvalue weighted by Crippen LogP contribution is -2.03. The normalized spacial score (nSPS) is 9.79. The van der Waals surface area contributed by atoms with Crippen molar-refractivity contribution in [3.8, 4) is 0 Å². The van der Waals surface area contributed by atoms with Crippen LogP contribution in [0.15, 0.2) is 0 Å². The molecule has 0 saturated heterocycles. The third-order valence-corrected chi connectivity index (χ3v) is 2.01. The van der Waals surface area contributed by atoms with E-state index in [4.69, 9.17) is 4.74 Å². The Balaban J connectivity index is 3.05. The fraction of sp³-hybridized carbons (Fsp3) is 0.818. The topological polar surface area (TPSA) is 43.4 Å². The van der Waals surface area contributed by atoms with Crippen LogP contribution in [-0.2, 0) is 14.3 Å². The Morgan fingerprint density at radius 1 is 1.14 bits per heavy atom. The molecule has 0 aromatic heterocycles. The molecule has 0 aromatic rings. The number of hydrogen-bond donors (Lipinski definition) is 0. The smallest absolute Gasteiger partial charge is 0.305 e. The van der Waals surface area contributed by atoms with Crippen LogP contribution < -0.4 is 0 Å². The zero-order chi connectivity index (χ0) is 10.6. The summed E-state index contributed by atoms with van der Waals surface area (Å²) in [6, 6.07) is 0. The fourth-order valence-corrected chi connectivity index (χ4v) is 1.26. The van der Waals surface area contributed by atoms with Crippen molar-refractivity contribution in [2.45, 2.75) is 51.9 Å². The van der Waals surface area contributed by atoms with Gasteiger partial charge in [0.1, 0.15) is 6.29 Å². The van der Waals surface area contributed by atoms with E-state index in [1.54, 1.807) is 0 Å². The number of ether oxygens (including phenoxy) is 1. The molecule has 0 rings (SSSR count). The second kappa shape index (κ2) is 10.2. The minimum atomic E-state index is -0.0969. The van der Waals surface area contributed by atoms with Crippen LogP contribution in [0.1, 0.15) is 51.9 Å². The minimum absolute atomic E-state index is 0.0969. The lowest BCUT2D eigenvalue weighted by Gasteiger charge is -2.01. The minimum Gasteiger partial charge on any atom is -0.466 e. The molecule has 0 aliphatic rings. The summed E-state index contributed by atoms with van der Waals surface area (Å²) in [5.74, 6) is -0.0969. The highest BCUT2D eigenvalue weighted by Crippen LogP contribution is 2.06. The van der Waals surface area contributed by atoms with Gasteiger partial charge < -0.3 is 9.53 Å². The third-order valence-electron chi connectivity index (χ3n) is 2.01. The van der Waals surface area contributed by atoms with Crippen molar-refractivity contribution in [2.75, 3.05) is 6.61 Å². The van der Waals surface area contributed by atoms with Gasteiger partial charge in [-0.2, -0.15) is 0 Å². The molecule has 0 unspecified atom stereocenters. The number of rotatable bonds is 9. The van der Waals surface area contributed by atoms with Crippen molar-refractivity contribution in [1.29, 1.82) is 0 Å². The van der Waals surface area contributed by atoms with Crippen molar-refractivity contribution in [3.05, 3.63) is 0 Å². The number of aldehydes is 1. The SMILES string of the molecule is CCOC(=O)CCCCCCCC=O. The molecule has 0 N–H and O–H groups in total. The van der Waals surface area contributed by atoms with Gasteiger partial charge in [0.2, 0.25) is 0 Å². The van der Waals surface area contributed by atoms with Crippen LogP contribution in [0, 0.1) is 0 Å². The highest BCUT2D eigenvalue weighted by molar-refractivity contribution is 5.69. The first kappa shape index (κ1) is 13.1. The molecule has 0 saturated carbocycles. The maximum Gasteiger partial charge on any atom is 0.305 e. The Hall–Kier alpha value is -0.860. The number of esters is 1. The molecule has 0 atom stereocenters. The van der Waals surface area contributed by atoms with E-state index in [0.29, 0.717) is 19.4 Å². The van der Waals surface area contributed by atoms with Crippen LogP contribution in [0.25, 0.3) is 0 Å². The summed E-state index contributed by atoms with van der Waals surface area (Å²) in [7, 11) is 0. The molecule has 0 heterocycles. The van der Waals surface area contributed by atoms with Gasteiger partial charge in [0.05, 0.1) is 6.61 Å². The Labute approximate surface area is 85.8 Å². The second-order valence-electron chi connectivity index (χ2n) is 3.28. The average molecular weight is 200 g/mol. The first-order chi connectivity index (χ1) is 6.81. The van der Waals surface area contributed by atoms with Crippen molar-refractivity contribution in [3.63, 3.8) is 0 Å². The van der Waals surface area contributed by atoms with Crippen LogP contribution in [0.2, 0.25) is 0 Å². The zero-order valence-electron chi connectivity index (χ0n) is 8.96. The zero-order valence-corrected chi connectivity index (χ0v) is 8.96. The number of unbranched alkanes of at least 4 members (excludes halogenated alkanes) is 5. The van der Waals surface area contributed by atoms with E-state index >= 15 is 0 Å². The van der Waals surface area contributed by atoms with E-state index in [9.17, 15) is 9.59 Å². The molecule has 0 aliphatic heterocycles. The van der Waals surface area contributed by atoms with Crippen molar-refractivity contribution < 1.29 is 14.3 Å². The Morgan fingerprint density at radius 3 is 2.43 bits per heavy atom. The molecular weight excluding hydrogens is 180 g/mol. The Bertz CT molecular complexity index is 155. The molecule has 0 amide bonds. The molecular formula is C11H20O3. The largest absolute Gasteiger partial charge is 0.466 e. The van der Waals surface area contributed by atoms with E-state index in [1.807, 2.05) is 6.92 Å². The molecule has 3 nitrogen and oxygen atoms in total. The van der Waals surface area contributed by atoms with Crippen molar-refractivity contribution in [1.82, 2.24) is 0 Å². The standard InChI is InChI=1S/C11H20O3/c1-2-14-11(13)9-7-5-3-4-6-8-10-12/h10H,2-9H2,1H3. The molecule has 82 valence electrons. The molecule has 0 spiro atoms. The fourth-order valence-electron chi connectivity index (χ4n) is 1.26. The molecule has 0 radical (unpaired) electrons. The highest BCUT2D eigenvalue weighted by Gasteiger charge is 2.00. The summed E-state index contributed by atoms with van der Waals surface area (Å²) in [5, 5.41) is 0. The summed E-state index contributed by atoms with van der Waals surface area (Å²) in [6.07, 6.45) is 7.27. The second-order valence-corrected chi connectivity index (χ2v) is 3.28. The monoisotopic (exact) mass is 200 g/mol. The third kappa shape index (κ3) is 9.23. The summed E-state index contributed by atoms with van der Waals surface area (Å²) in [6.45, 7) is 2.29. The lowest BCUT2D eigenvalue weighted by molar-refractivity contribution is -0.143. The summed E-state index contributed by atoms with van der Waals surface area (Å²) >= 11 is 0. The van der Waals surface area contributed by atoms with E-state index in [1.165, 1.54) is 0 Å². The van der Waals surface area contributed by atoms with Crippen LogP contribution in [0.3, 0.4) is 0 Å². The van der Waals surface area contributed by atoms with E-state index in [-0.39, 0.29) is 5.97 Å². The van der Waals surface area contributed by atoms with Gasteiger partial charge in [-0.05, 0) is 19.8 Å². The average Bonchev–Trinajstić information content (AvgIpc) is 2.17. The van der Waals surface area contributed by atoms with E-state index in [0.717, 1.165) is 38.4 Å². The van der Waals surface area contributed by atoms with Gasteiger partial charge in [-0.15, -0.1) is 0 Å². The molecule has 0 bridgehead atoms. The van der Waals surface area contributed by atoms with Gasteiger partial charge in [-0.1, -0.05) is 19.3 Å². The summed E-state index contributed by atoms with van der Waals surface area (Å²) in [4.78, 5) is 20.9. The highest BCUT2D eigenvalue weighted by atomic mass is 16.5. The van der Waals surface area contributed by atoms with Crippen molar-refractivity contribution in [2.24, 2.45) is 0 Å². The molecule has 0 fully saturated rings. The Kier molecular flexibility index (Phi) is 9.59. The molecule has 0 aliphatic carbocycles. The maximum absolute atomic E-state index is 10.9. The van der Waals surface area contributed by atoms with Crippen LogP contribution in [-0.4, -0.2) is 18.9 Å². The Morgan fingerprint density at radius 2 is 1.79 bits per heavy atom. The number of carbonyl (C=O) groups is 2. The van der Waals surface area contributed by atoms with Crippen LogP contribution in [0.4, 0.5) is 0 Å². The lowest BCUT2D eigenvalue weighted by atomic mass is 10.1. The van der Waals surface area contributed by atoms with Crippen molar-refractivity contribution >= 4 is 12.3 Å².